The first-order valence-electron chi connectivity index (χ1n) is 10.7. The Morgan fingerprint density at radius 2 is 1.59 bits per heavy atom. The summed E-state index contributed by atoms with van der Waals surface area (Å²) in [5.41, 5.74) is 1.99. The average Bonchev–Trinajstić information content (AvgIpc) is 3.14. The van der Waals surface area contributed by atoms with Crippen LogP contribution in [0.25, 0.3) is 11.4 Å². The molecule has 2 aromatic carbocycles. The minimum Gasteiger partial charge on any atom is -0.308 e. The van der Waals surface area contributed by atoms with Gasteiger partial charge in [-0.2, -0.15) is 0 Å². The molecule has 3 aromatic rings. The molecule has 0 spiro atoms. The zero-order valence-corrected chi connectivity index (χ0v) is 21.2. The first-order valence-corrected chi connectivity index (χ1v) is 12.6. The molecule has 1 aromatic heterocycles. The molecule has 0 fully saturated rings. The van der Waals surface area contributed by atoms with Gasteiger partial charge in [0.05, 0.1) is 10.6 Å². The van der Waals surface area contributed by atoms with E-state index in [1.54, 1.807) is 30.3 Å². The van der Waals surface area contributed by atoms with Crippen LogP contribution in [0.15, 0.2) is 47.4 Å². The molecular weight excluding hydrogens is 444 g/mol. The van der Waals surface area contributed by atoms with E-state index in [2.05, 4.69) is 49.5 Å². The first-order chi connectivity index (χ1) is 14.8. The topological polar surface area (TPSA) is 76.9 Å². The molecule has 0 saturated carbocycles. The van der Waals surface area contributed by atoms with Gasteiger partial charge in [0.2, 0.25) is 0 Å². The lowest BCUT2D eigenvalue weighted by molar-refractivity contribution is 0.555. The number of hydrogen-bond acceptors (Lipinski definition) is 4. The lowest BCUT2D eigenvalue weighted by Gasteiger charge is -2.20. The highest BCUT2D eigenvalue weighted by Gasteiger charge is 2.24. The van der Waals surface area contributed by atoms with Gasteiger partial charge in [0.25, 0.3) is 10.0 Å². The molecule has 32 heavy (non-hydrogen) atoms. The van der Waals surface area contributed by atoms with Gasteiger partial charge >= 0.3 is 0 Å². The number of benzene rings is 2. The number of halogens is 1. The van der Waals surface area contributed by atoms with E-state index in [1.165, 1.54) is 0 Å². The number of rotatable bonds is 6. The lowest BCUT2D eigenvalue weighted by Crippen LogP contribution is -2.16. The van der Waals surface area contributed by atoms with E-state index in [0.717, 1.165) is 11.4 Å². The van der Waals surface area contributed by atoms with Crippen molar-refractivity contribution in [3.8, 4) is 11.4 Å². The molecule has 0 aliphatic heterocycles. The summed E-state index contributed by atoms with van der Waals surface area (Å²) in [5.74, 6) is 1.58. The maximum absolute atomic E-state index is 13.2. The van der Waals surface area contributed by atoms with Gasteiger partial charge in [-0.15, -0.1) is 10.2 Å². The zero-order valence-electron chi connectivity index (χ0n) is 19.6. The van der Waals surface area contributed by atoms with Crippen molar-refractivity contribution < 1.29 is 8.42 Å². The Labute approximate surface area is 196 Å². The van der Waals surface area contributed by atoms with Crippen LogP contribution >= 0.6 is 11.6 Å². The van der Waals surface area contributed by atoms with Crippen LogP contribution in [0.1, 0.15) is 71.8 Å². The summed E-state index contributed by atoms with van der Waals surface area (Å²) in [6, 6.07) is 12.1. The van der Waals surface area contributed by atoms with Crippen molar-refractivity contribution in [3.05, 3.63) is 58.9 Å². The standard InChI is InChI=1S/C24H31ClN4O2S/c1-15(2)22-26-27-23(29(22)16(3)4)20-14-18(25)10-13-21(20)28-32(30,31)19-11-8-17(9-12-19)24(5,6)7/h8-16,28H,1-7H3. The molecule has 3 rings (SSSR count). The van der Waals surface area contributed by atoms with E-state index in [1.807, 2.05) is 30.5 Å². The van der Waals surface area contributed by atoms with Crippen molar-refractivity contribution in [1.82, 2.24) is 14.8 Å². The molecule has 0 bridgehead atoms. The van der Waals surface area contributed by atoms with E-state index < -0.39 is 10.0 Å². The molecular formula is C24H31ClN4O2S. The third kappa shape index (κ3) is 4.99. The van der Waals surface area contributed by atoms with Crippen LogP contribution in [0.3, 0.4) is 0 Å². The Balaban J connectivity index is 2.07. The third-order valence-electron chi connectivity index (χ3n) is 5.25. The molecule has 8 heteroatoms. The second-order valence-corrected chi connectivity index (χ2v) is 11.7. The Hall–Kier alpha value is -2.38. The number of nitrogens with one attached hydrogen (secondary N) is 1. The van der Waals surface area contributed by atoms with Gasteiger partial charge in [0.15, 0.2) is 5.82 Å². The fourth-order valence-electron chi connectivity index (χ4n) is 3.52. The van der Waals surface area contributed by atoms with Crippen LogP contribution in [-0.4, -0.2) is 23.2 Å². The SMILES string of the molecule is CC(C)c1nnc(-c2cc(Cl)ccc2NS(=O)(=O)c2ccc(C(C)(C)C)cc2)n1C(C)C. The van der Waals surface area contributed by atoms with Crippen molar-refractivity contribution in [2.45, 2.75) is 70.7 Å². The normalized spacial score (nSPS) is 12.6. The summed E-state index contributed by atoms with van der Waals surface area (Å²) < 4.78 is 31.1. The van der Waals surface area contributed by atoms with E-state index in [9.17, 15) is 8.42 Å². The minimum atomic E-state index is -3.81. The fraction of sp³-hybridized carbons (Fsp3) is 0.417. The molecule has 0 aliphatic rings. The average molecular weight is 475 g/mol. The van der Waals surface area contributed by atoms with Gasteiger partial charge in [0, 0.05) is 22.5 Å². The zero-order chi connectivity index (χ0) is 23.8. The highest BCUT2D eigenvalue weighted by molar-refractivity contribution is 7.92. The number of nitrogens with zero attached hydrogens (tertiary/aromatic N) is 3. The maximum Gasteiger partial charge on any atom is 0.261 e. The van der Waals surface area contributed by atoms with Crippen LogP contribution in [-0.2, 0) is 15.4 Å². The number of hydrogen-bond donors (Lipinski definition) is 1. The summed E-state index contributed by atoms with van der Waals surface area (Å²) in [6.45, 7) is 14.5. The predicted molar refractivity (Wildman–Crippen MR) is 131 cm³/mol. The number of aromatic nitrogens is 3. The fourth-order valence-corrected chi connectivity index (χ4v) is 4.77. The summed E-state index contributed by atoms with van der Waals surface area (Å²) in [5, 5.41) is 9.24. The van der Waals surface area contributed by atoms with Gasteiger partial charge in [-0.1, -0.05) is 58.4 Å². The molecule has 0 aliphatic carbocycles. The summed E-state index contributed by atoms with van der Waals surface area (Å²) >= 11 is 6.28. The Kier molecular flexibility index (Phi) is 6.72. The van der Waals surface area contributed by atoms with Crippen molar-refractivity contribution in [2.75, 3.05) is 4.72 Å². The monoisotopic (exact) mass is 474 g/mol. The smallest absolute Gasteiger partial charge is 0.261 e. The molecule has 1 N–H and O–H groups in total. The number of anilines is 1. The van der Waals surface area contributed by atoms with Crippen molar-refractivity contribution in [2.24, 2.45) is 0 Å². The second kappa shape index (κ2) is 8.87. The van der Waals surface area contributed by atoms with Gasteiger partial charge in [-0.05, 0) is 55.2 Å². The van der Waals surface area contributed by atoms with E-state index in [-0.39, 0.29) is 22.3 Å². The van der Waals surface area contributed by atoms with Crippen LogP contribution in [0.4, 0.5) is 5.69 Å². The minimum absolute atomic E-state index is 0.0614. The first kappa shape index (κ1) is 24.3. The van der Waals surface area contributed by atoms with E-state index in [0.29, 0.717) is 22.1 Å². The van der Waals surface area contributed by atoms with Crippen LogP contribution in [0, 0.1) is 0 Å². The molecule has 0 unspecified atom stereocenters. The lowest BCUT2D eigenvalue weighted by atomic mass is 9.87. The van der Waals surface area contributed by atoms with Crippen LogP contribution < -0.4 is 4.72 Å². The summed E-state index contributed by atoms with van der Waals surface area (Å²) in [6.07, 6.45) is 0. The van der Waals surface area contributed by atoms with Crippen molar-refractivity contribution in [1.29, 1.82) is 0 Å². The Morgan fingerprint density at radius 3 is 2.12 bits per heavy atom. The molecule has 6 nitrogen and oxygen atoms in total. The second-order valence-electron chi connectivity index (χ2n) is 9.57. The van der Waals surface area contributed by atoms with E-state index >= 15 is 0 Å². The van der Waals surface area contributed by atoms with Gasteiger partial charge in [-0.3, -0.25) is 4.72 Å². The van der Waals surface area contributed by atoms with Crippen LogP contribution in [0.5, 0.6) is 0 Å². The Morgan fingerprint density at radius 1 is 0.969 bits per heavy atom. The third-order valence-corrected chi connectivity index (χ3v) is 6.87. The number of sulfonamides is 1. The van der Waals surface area contributed by atoms with Crippen molar-refractivity contribution >= 4 is 27.3 Å². The Bertz CT molecular complexity index is 1210. The molecule has 0 atom stereocenters. The predicted octanol–water partition coefficient (Wildman–Crippen LogP) is 6.40. The molecule has 0 saturated heterocycles. The van der Waals surface area contributed by atoms with Gasteiger partial charge in [-0.25, -0.2) is 8.42 Å². The van der Waals surface area contributed by atoms with Crippen molar-refractivity contribution in [3.63, 3.8) is 0 Å². The van der Waals surface area contributed by atoms with E-state index in [4.69, 9.17) is 11.6 Å². The molecule has 0 radical (unpaired) electrons. The highest BCUT2D eigenvalue weighted by atomic mass is 35.5. The molecule has 172 valence electrons. The maximum atomic E-state index is 13.2. The molecule has 1 heterocycles. The van der Waals surface area contributed by atoms with Gasteiger partial charge < -0.3 is 4.57 Å². The summed E-state index contributed by atoms with van der Waals surface area (Å²) in [4.78, 5) is 0.194. The van der Waals surface area contributed by atoms with Crippen LogP contribution in [0.2, 0.25) is 5.02 Å². The summed E-state index contributed by atoms with van der Waals surface area (Å²) in [7, 11) is -3.81. The highest BCUT2D eigenvalue weighted by Crippen LogP contribution is 2.34. The largest absolute Gasteiger partial charge is 0.308 e. The molecule has 0 amide bonds. The quantitative estimate of drug-likeness (QED) is 0.448. The van der Waals surface area contributed by atoms with Gasteiger partial charge in [0.1, 0.15) is 5.82 Å².